The molecule has 1 saturated heterocycles. The molecule has 0 bridgehead atoms. The van der Waals surface area contributed by atoms with E-state index < -0.39 is 16.6 Å². The normalized spacial score (nSPS) is 26.2. The second-order valence-electron chi connectivity index (χ2n) is 8.81. The average molecular weight is 438 g/mol. The lowest BCUT2D eigenvalue weighted by Crippen LogP contribution is -2.57. The van der Waals surface area contributed by atoms with Crippen LogP contribution >= 0.6 is 11.8 Å². The van der Waals surface area contributed by atoms with Crippen LogP contribution in [-0.4, -0.2) is 39.4 Å². The quantitative estimate of drug-likeness (QED) is 0.601. The predicted octanol–water partition coefficient (Wildman–Crippen LogP) is 5.57. The van der Waals surface area contributed by atoms with Gasteiger partial charge in [-0.05, 0) is 31.4 Å². The Morgan fingerprint density at radius 1 is 1.06 bits per heavy atom. The summed E-state index contributed by atoms with van der Waals surface area (Å²) in [6.45, 7) is 4.25. The molecule has 1 fully saturated rings. The van der Waals surface area contributed by atoms with E-state index in [2.05, 4.69) is 13.8 Å². The Hall–Kier alpha value is -2.24. The fourth-order valence-corrected chi connectivity index (χ4v) is 6.28. The van der Waals surface area contributed by atoms with Gasteiger partial charge in [0.25, 0.3) is 0 Å². The molecule has 1 amide bonds. The van der Waals surface area contributed by atoms with Crippen LogP contribution in [0, 0.1) is 5.92 Å². The van der Waals surface area contributed by atoms with Gasteiger partial charge in [-0.3, -0.25) is 4.90 Å². The molecule has 5 heteroatoms. The van der Waals surface area contributed by atoms with Gasteiger partial charge < -0.3 is 9.84 Å². The van der Waals surface area contributed by atoms with Crippen molar-refractivity contribution in [1.82, 2.24) is 4.90 Å². The minimum absolute atomic E-state index is 0.0951. The molecule has 1 unspecified atom stereocenters. The SMILES string of the molecule is CS[C@H](N1C(=O)OC(c2ccccc2)(c2ccccc2)[C@@H]1C(C)C)C1(O)C=CCCC1. The molecule has 31 heavy (non-hydrogen) atoms. The summed E-state index contributed by atoms with van der Waals surface area (Å²) in [5, 5.41) is 11.1. The second kappa shape index (κ2) is 8.71. The molecule has 4 nitrogen and oxygen atoms in total. The molecule has 2 aromatic rings. The van der Waals surface area contributed by atoms with Crippen molar-refractivity contribution in [3.63, 3.8) is 0 Å². The van der Waals surface area contributed by atoms with Crippen LogP contribution in [-0.2, 0) is 10.3 Å². The lowest BCUT2D eigenvalue weighted by Gasteiger charge is -2.44. The topological polar surface area (TPSA) is 49.8 Å². The number of aliphatic hydroxyl groups is 1. The highest BCUT2D eigenvalue weighted by atomic mass is 32.2. The predicted molar refractivity (Wildman–Crippen MR) is 126 cm³/mol. The number of thioether (sulfide) groups is 1. The van der Waals surface area contributed by atoms with E-state index in [4.69, 9.17) is 4.74 Å². The van der Waals surface area contributed by atoms with Crippen molar-refractivity contribution in [3.8, 4) is 0 Å². The summed E-state index contributed by atoms with van der Waals surface area (Å²) in [5.74, 6) is 0.0951. The van der Waals surface area contributed by atoms with Gasteiger partial charge in [0.05, 0.1) is 6.04 Å². The standard InChI is InChI=1S/C26H31NO3S/c1-19(2)22-26(20-13-7-4-8-14-20,21-15-9-5-10-16-21)30-24(28)27(22)23(31-3)25(29)17-11-6-12-18-25/h4-5,7-11,13-17,19,22-23,29H,6,12,18H2,1-3H3/t22-,23-,25?/m0/s1. The van der Waals surface area contributed by atoms with Crippen molar-refractivity contribution in [2.24, 2.45) is 5.92 Å². The van der Waals surface area contributed by atoms with Gasteiger partial charge >= 0.3 is 6.09 Å². The minimum atomic E-state index is -1.08. The van der Waals surface area contributed by atoms with Crippen molar-refractivity contribution >= 4 is 17.9 Å². The molecule has 0 radical (unpaired) electrons. The first-order valence-electron chi connectivity index (χ1n) is 11.0. The first-order chi connectivity index (χ1) is 14.9. The van der Waals surface area contributed by atoms with Crippen LogP contribution in [0.1, 0.15) is 44.2 Å². The van der Waals surface area contributed by atoms with Crippen LogP contribution in [0.15, 0.2) is 72.8 Å². The van der Waals surface area contributed by atoms with Crippen LogP contribution in [0.5, 0.6) is 0 Å². The van der Waals surface area contributed by atoms with Crippen molar-refractivity contribution in [1.29, 1.82) is 0 Å². The number of carbonyl (C=O) groups is 1. The van der Waals surface area contributed by atoms with Crippen molar-refractivity contribution in [3.05, 3.63) is 83.9 Å². The number of benzene rings is 2. The van der Waals surface area contributed by atoms with E-state index in [0.29, 0.717) is 6.42 Å². The Morgan fingerprint density at radius 3 is 2.10 bits per heavy atom. The van der Waals surface area contributed by atoms with E-state index in [1.165, 1.54) is 11.8 Å². The molecule has 0 saturated carbocycles. The van der Waals surface area contributed by atoms with Gasteiger partial charge in [-0.2, -0.15) is 0 Å². The number of nitrogens with zero attached hydrogens (tertiary/aromatic N) is 1. The number of allylic oxidation sites excluding steroid dienone is 1. The monoisotopic (exact) mass is 437 g/mol. The molecule has 2 aromatic carbocycles. The average Bonchev–Trinajstić information content (AvgIpc) is 3.10. The molecule has 2 aliphatic rings. The second-order valence-corrected chi connectivity index (χ2v) is 9.72. The molecule has 4 rings (SSSR count). The van der Waals surface area contributed by atoms with Gasteiger partial charge in [-0.15, -0.1) is 11.8 Å². The maximum absolute atomic E-state index is 13.6. The molecule has 0 spiro atoms. The fraction of sp³-hybridized carbons (Fsp3) is 0.423. The highest BCUT2D eigenvalue weighted by Gasteiger charge is 2.61. The largest absolute Gasteiger partial charge is 0.431 e. The smallest absolute Gasteiger partial charge is 0.412 e. The van der Waals surface area contributed by atoms with Crippen molar-refractivity contribution in [2.45, 2.75) is 55.7 Å². The van der Waals surface area contributed by atoms with Crippen LogP contribution in [0.25, 0.3) is 0 Å². The molecular formula is C26H31NO3S. The summed E-state index contributed by atoms with van der Waals surface area (Å²) in [5.41, 5.74) is -0.132. The molecule has 0 aromatic heterocycles. The maximum Gasteiger partial charge on any atom is 0.412 e. The summed E-state index contributed by atoms with van der Waals surface area (Å²) in [7, 11) is 0. The summed E-state index contributed by atoms with van der Waals surface area (Å²) < 4.78 is 6.36. The molecule has 1 heterocycles. The van der Waals surface area contributed by atoms with Gasteiger partial charge in [0.15, 0.2) is 5.60 Å². The van der Waals surface area contributed by atoms with Crippen LogP contribution in [0.2, 0.25) is 0 Å². The first kappa shape index (κ1) is 22.0. The van der Waals surface area contributed by atoms with E-state index in [1.54, 1.807) is 0 Å². The van der Waals surface area contributed by atoms with Gasteiger partial charge in [0, 0.05) is 11.1 Å². The highest BCUT2D eigenvalue weighted by Crippen LogP contribution is 2.50. The Bertz CT molecular complexity index is 891. The molecule has 1 aliphatic heterocycles. The highest BCUT2D eigenvalue weighted by molar-refractivity contribution is 7.99. The third kappa shape index (κ3) is 3.68. The molecular weight excluding hydrogens is 406 g/mol. The van der Waals surface area contributed by atoms with Gasteiger partial charge in [0.1, 0.15) is 11.0 Å². The Kier molecular flexibility index (Phi) is 6.18. The van der Waals surface area contributed by atoms with Gasteiger partial charge in [-0.25, -0.2) is 4.79 Å². The lowest BCUT2D eigenvalue weighted by atomic mass is 9.75. The molecule has 164 valence electrons. The van der Waals surface area contributed by atoms with E-state index in [9.17, 15) is 9.90 Å². The van der Waals surface area contributed by atoms with Gasteiger partial charge in [-0.1, -0.05) is 86.7 Å². The third-order valence-electron chi connectivity index (χ3n) is 6.47. The van der Waals surface area contributed by atoms with Crippen LogP contribution < -0.4 is 0 Å². The molecule has 1 aliphatic carbocycles. The zero-order valence-corrected chi connectivity index (χ0v) is 19.2. The van der Waals surface area contributed by atoms with Crippen molar-refractivity contribution in [2.75, 3.05) is 6.26 Å². The maximum atomic E-state index is 13.6. The summed E-state index contributed by atoms with van der Waals surface area (Å²) in [6, 6.07) is 19.7. The van der Waals surface area contributed by atoms with Crippen LogP contribution in [0.4, 0.5) is 4.79 Å². The lowest BCUT2D eigenvalue weighted by molar-refractivity contribution is 0.0106. The Labute approximate surface area is 189 Å². The van der Waals surface area contributed by atoms with E-state index >= 15 is 0 Å². The zero-order chi connectivity index (χ0) is 22.1. The Morgan fingerprint density at radius 2 is 1.65 bits per heavy atom. The minimum Gasteiger partial charge on any atom is -0.431 e. The number of rotatable bonds is 6. The number of ether oxygens (including phenoxy) is 1. The zero-order valence-electron chi connectivity index (χ0n) is 18.4. The molecule has 3 atom stereocenters. The summed E-state index contributed by atoms with van der Waals surface area (Å²) in [4.78, 5) is 15.4. The van der Waals surface area contributed by atoms with Gasteiger partial charge in [0.2, 0.25) is 0 Å². The fourth-order valence-electron chi connectivity index (χ4n) is 5.23. The van der Waals surface area contributed by atoms with E-state index in [1.807, 2.05) is 84.0 Å². The molecule has 1 N–H and O–H groups in total. The third-order valence-corrected chi connectivity index (χ3v) is 7.55. The first-order valence-corrected chi connectivity index (χ1v) is 12.3. The Balaban J connectivity index is 1.91. The van der Waals surface area contributed by atoms with Crippen molar-refractivity contribution < 1.29 is 14.6 Å². The number of carbonyl (C=O) groups excluding carboxylic acids is 1. The number of hydrogen-bond donors (Lipinski definition) is 1. The van der Waals surface area contributed by atoms with E-state index in [0.717, 1.165) is 24.0 Å². The summed E-state index contributed by atoms with van der Waals surface area (Å²) in [6.07, 6.45) is 7.99. The van der Waals surface area contributed by atoms with E-state index in [-0.39, 0.29) is 18.1 Å². The number of hydrogen-bond acceptors (Lipinski definition) is 4. The number of cyclic esters (lactones) is 1. The van der Waals surface area contributed by atoms with Crippen LogP contribution in [0.3, 0.4) is 0 Å². The number of amides is 1. The summed E-state index contributed by atoms with van der Waals surface area (Å²) >= 11 is 1.51.